The van der Waals surface area contributed by atoms with Gasteiger partial charge in [-0.3, -0.25) is 14.9 Å². The van der Waals surface area contributed by atoms with Gasteiger partial charge in [-0.25, -0.2) is 0 Å². The summed E-state index contributed by atoms with van der Waals surface area (Å²) in [5.41, 5.74) is 0.890. The van der Waals surface area contributed by atoms with E-state index in [-0.39, 0.29) is 17.6 Å². The number of carbonyl (C=O) groups is 1. The summed E-state index contributed by atoms with van der Waals surface area (Å²) in [6, 6.07) is 6.45. The second-order valence-electron chi connectivity index (χ2n) is 4.71. The highest BCUT2D eigenvalue weighted by Gasteiger charge is 2.05. The Balaban J connectivity index is 2.24. The lowest BCUT2D eigenvalue weighted by Crippen LogP contribution is -2.31. The van der Waals surface area contributed by atoms with Gasteiger partial charge in [0, 0.05) is 36.8 Å². The van der Waals surface area contributed by atoms with Crippen LogP contribution in [0.25, 0.3) is 0 Å². The molecule has 0 aliphatic carbocycles. The van der Waals surface area contributed by atoms with Gasteiger partial charge in [0.1, 0.15) is 0 Å². The third-order valence-corrected chi connectivity index (χ3v) is 3.01. The van der Waals surface area contributed by atoms with E-state index in [1.54, 1.807) is 12.1 Å². The minimum absolute atomic E-state index is 0.0600. The minimum Gasteiger partial charge on any atom is -0.385 e. The van der Waals surface area contributed by atoms with E-state index < -0.39 is 4.92 Å². The second kappa shape index (κ2) is 8.14. The van der Waals surface area contributed by atoms with Gasteiger partial charge in [-0.2, -0.15) is 0 Å². The number of nitrogens with one attached hydrogen (secondary N) is 2. The van der Waals surface area contributed by atoms with Crippen LogP contribution in [0.3, 0.4) is 0 Å². The number of benzene rings is 1. The number of carbonyl (C=O) groups excluding carboxylic acids is 1. The van der Waals surface area contributed by atoms with E-state index in [0.29, 0.717) is 13.0 Å². The van der Waals surface area contributed by atoms with Crippen molar-refractivity contribution in [3.63, 3.8) is 0 Å². The van der Waals surface area contributed by atoms with E-state index in [4.69, 9.17) is 0 Å². The summed E-state index contributed by atoms with van der Waals surface area (Å²) in [6.45, 7) is 4.67. The van der Waals surface area contributed by atoms with Crippen molar-refractivity contribution in [3.8, 4) is 0 Å². The molecule has 0 bridgehead atoms. The Morgan fingerprint density at radius 2 is 2.00 bits per heavy atom. The van der Waals surface area contributed by atoms with Crippen LogP contribution < -0.4 is 10.6 Å². The first-order chi connectivity index (χ1) is 9.52. The molecule has 0 spiro atoms. The molecule has 20 heavy (non-hydrogen) atoms. The molecular weight excluding hydrogens is 258 g/mol. The first kappa shape index (κ1) is 15.9. The van der Waals surface area contributed by atoms with Crippen LogP contribution in [0, 0.1) is 10.1 Å². The van der Waals surface area contributed by atoms with Crippen molar-refractivity contribution < 1.29 is 9.72 Å². The number of rotatable bonds is 8. The average Bonchev–Trinajstić information content (AvgIpc) is 2.44. The van der Waals surface area contributed by atoms with Crippen molar-refractivity contribution in [2.45, 2.75) is 39.2 Å². The lowest BCUT2D eigenvalue weighted by Gasteiger charge is -2.11. The average molecular weight is 279 g/mol. The Labute approximate surface area is 118 Å². The standard InChI is InChI=1S/C14H21N3O3/c1-3-11(2)16-14(18)5-4-10-15-12-6-8-13(9-7-12)17(19)20/h6-9,11,15H,3-5,10H2,1-2H3,(H,16,18). The van der Waals surface area contributed by atoms with Crippen LogP contribution in [-0.2, 0) is 4.79 Å². The molecule has 110 valence electrons. The number of nitro groups is 1. The summed E-state index contributed by atoms with van der Waals surface area (Å²) in [7, 11) is 0. The van der Waals surface area contributed by atoms with Crippen LogP contribution in [0.4, 0.5) is 11.4 Å². The van der Waals surface area contributed by atoms with Crippen LogP contribution in [0.1, 0.15) is 33.1 Å². The number of amides is 1. The van der Waals surface area contributed by atoms with Gasteiger partial charge in [-0.1, -0.05) is 6.92 Å². The monoisotopic (exact) mass is 279 g/mol. The van der Waals surface area contributed by atoms with Gasteiger partial charge < -0.3 is 10.6 Å². The lowest BCUT2D eigenvalue weighted by atomic mass is 10.2. The number of nitro benzene ring substituents is 1. The first-order valence-electron chi connectivity index (χ1n) is 6.80. The predicted molar refractivity (Wildman–Crippen MR) is 78.7 cm³/mol. The zero-order chi connectivity index (χ0) is 15.0. The summed E-state index contributed by atoms with van der Waals surface area (Å²) in [5, 5.41) is 16.5. The van der Waals surface area contributed by atoms with E-state index in [9.17, 15) is 14.9 Å². The van der Waals surface area contributed by atoms with E-state index in [1.807, 2.05) is 13.8 Å². The topological polar surface area (TPSA) is 84.3 Å². The Morgan fingerprint density at radius 3 is 2.55 bits per heavy atom. The quantitative estimate of drug-likeness (QED) is 0.435. The number of non-ortho nitro benzene ring substituents is 1. The van der Waals surface area contributed by atoms with Gasteiger partial charge in [0.15, 0.2) is 0 Å². The van der Waals surface area contributed by atoms with Gasteiger partial charge in [0.05, 0.1) is 4.92 Å². The maximum Gasteiger partial charge on any atom is 0.269 e. The molecule has 1 aromatic rings. The van der Waals surface area contributed by atoms with Crippen LogP contribution in [-0.4, -0.2) is 23.4 Å². The van der Waals surface area contributed by atoms with Crippen LogP contribution in [0.5, 0.6) is 0 Å². The fourth-order valence-electron chi connectivity index (χ4n) is 1.63. The number of anilines is 1. The molecule has 6 heteroatoms. The minimum atomic E-state index is -0.428. The number of nitrogens with zero attached hydrogens (tertiary/aromatic N) is 1. The molecule has 0 radical (unpaired) electrons. The van der Waals surface area contributed by atoms with Crippen LogP contribution >= 0.6 is 0 Å². The molecule has 0 heterocycles. The van der Waals surface area contributed by atoms with E-state index >= 15 is 0 Å². The Bertz CT molecular complexity index is 445. The van der Waals surface area contributed by atoms with Crippen molar-refractivity contribution in [1.82, 2.24) is 5.32 Å². The Morgan fingerprint density at radius 1 is 1.35 bits per heavy atom. The van der Waals surface area contributed by atoms with Crippen molar-refractivity contribution in [2.75, 3.05) is 11.9 Å². The van der Waals surface area contributed by atoms with E-state index in [0.717, 1.165) is 18.5 Å². The molecule has 6 nitrogen and oxygen atoms in total. The molecule has 0 saturated heterocycles. The maximum absolute atomic E-state index is 11.5. The molecule has 1 amide bonds. The largest absolute Gasteiger partial charge is 0.385 e. The first-order valence-corrected chi connectivity index (χ1v) is 6.80. The SMILES string of the molecule is CCC(C)NC(=O)CCCNc1ccc([N+](=O)[O-])cc1. The molecule has 0 fully saturated rings. The molecule has 0 saturated carbocycles. The van der Waals surface area contributed by atoms with E-state index in [2.05, 4.69) is 10.6 Å². The fourth-order valence-corrected chi connectivity index (χ4v) is 1.63. The van der Waals surface area contributed by atoms with Gasteiger partial charge in [-0.15, -0.1) is 0 Å². The Kier molecular flexibility index (Phi) is 6.49. The van der Waals surface area contributed by atoms with Crippen molar-refractivity contribution >= 4 is 17.3 Å². The molecule has 1 atom stereocenters. The smallest absolute Gasteiger partial charge is 0.269 e. The highest BCUT2D eigenvalue weighted by molar-refractivity contribution is 5.76. The van der Waals surface area contributed by atoms with Crippen molar-refractivity contribution in [2.24, 2.45) is 0 Å². The molecule has 0 aliphatic rings. The summed E-state index contributed by atoms with van der Waals surface area (Å²) in [4.78, 5) is 21.6. The summed E-state index contributed by atoms with van der Waals surface area (Å²) in [5.74, 6) is 0.0600. The highest BCUT2D eigenvalue weighted by atomic mass is 16.6. The maximum atomic E-state index is 11.5. The molecule has 0 aliphatic heterocycles. The Hall–Kier alpha value is -2.11. The lowest BCUT2D eigenvalue weighted by molar-refractivity contribution is -0.384. The third-order valence-electron chi connectivity index (χ3n) is 3.01. The van der Waals surface area contributed by atoms with Crippen LogP contribution in [0.2, 0.25) is 0 Å². The summed E-state index contributed by atoms with van der Waals surface area (Å²) >= 11 is 0. The molecule has 1 rings (SSSR count). The zero-order valence-electron chi connectivity index (χ0n) is 11.9. The van der Waals surface area contributed by atoms with Crippen LogP contribution in [0.15, 0.2) is 24.3 Å². The second-order valence-corrected chi connectivity index (χ2v) is 4.71. The van der Waals surface area contributed by atoms with Gasteiger partial charge in [0.2, 0.25) is 5.91 Å². The molecule has 2 N–H and O–H groups in total. The summed E-state index contributed by atoms with van der Waals surface area (Å²) < 4.78 is 0. The molecular formula is C14H21N3O3. The van der Waals surface area contributed by atoms with Crippen molar-refractivity contribution in [3.05, 3.63) is 34.4 Å². The summed E-state index contributed by atoms with van der Waals surface area (Å²) in [6.07, 6.45) is 2.12. The third kappa shape index (κ3) is 5.69. The fraction of sp³-hybridized carbons (Fsp3) is 0.500. The van der Waals surface area contributed by atoms with E-state index in [1.165, 1.54) is 12.1 Å². The normalized spacial score (nSPS) is 11.7. The molecule has 0 aromatic heterocycles. The highest BCUT2D eigenvalue weighted by Crippen LogP contribution is 2.15. The number of hydrogen-bond donors (Lipinski definition) is 2. The van der Waals surface area contributed by atoms with Gasteiger partial charge in [0.25, 0.3) is 5.69 Å². The van der Waals surface area contributed by atoms with Gasteiger partial charge in [-0.05, 0) is 31.9 Å². The van der Waals surface area contributed by atoms with Gasteiger partial charge >= 0.3 is 0 Å². The zero-order valence-corrected chi connectivity index (χ0v) is 11.9. The molecule has 1 aromatic carbocycles. The predicted octanol–water partition coefficient (Wildman–Crippen LogP) is 2.70. The number of hydrogen-bond acceptors (Lipinski definition) is 4. The van der Waals surface area contributed by atoms with Crippen molar-refractivity contribution in [1.29, 1.82) is 0 Å². The molecule has 1 unspecified atom stereocenters.